The zero-order valence-corrected chi connectivity index (χ0v) is 21.4. The number of aliphatic hydroxyl groups is 1. The topological polar surface area (TPSA) is 122 Å². The van der Waals surface area contributed by atoms with E-state index in [1.807, 2.05) is 12.1 Å². The fourth-order valence-corrected chi connectivity index (χ4v) is 7.40. The van der Waals surface area contributed by atoms with Crippen LogP contribution in [0.15, 0.2) is 48.5 Å². The Balaban J connectivity index is 0.000000152. The molecule has 198 valence electrons. The number of nitrogens with zero attached hydrogens (tertiary/aromatic N) is 4. The lowest BCUT2D eigenvalue weighted by Gasteiger charge is -2.24. The fourth-order valence-electron chi connectivity index (χ4n) is 7.40. The van der Waals surface area contributed by atoms with Gasteiger partial charge < -0.3 is 19.6 Å². The Hall–Kier alpha value is -2.92. The number of piperidine rings is 2. The molecule has 0 radical (unpaired) electrons. The van der Waals surface area contributed by atoms with Gasteiger partial charge in [-0.15, -0.1) is 0 Å². The third kappa shape index (κ3) is 4.12. The zero-order chi connectivity index (χ0) is 26.5. The van der Waals surface area contributed by atoms with E-state index in [0.717, 1.165) is 37.3 Å². The number of non-ortho nitro benzene ring substituents is 2. The highest BCUT2D eigenvalue weighted by Crippen LogP contribution is 2.64. The van der Waals surface area contributed by atoms with Crippen molar-refractivity contribution in [2.45, 2.75) is 10.8 Å². The number of rotatable bonds is 7. The summed E-state index contributed by atoms with van der Waals surface area (Å²) in [5.74, 6) is 2.02. The van der Waals surface area contributed by atoms with Crippen LogP contribution in [0, 0.1) is 43.9 Å². The summed E-state index contributed by atoms with van der Waals surface area (Å²) in [7, 11) is 5.90. The van der Waals surface area contributed by atoms with Gasteiger partial charge in [0.25, 0.3) is 11.4 Å². The van der Waals surface area contributed by atoms with Crippen molar-refractivity contribution in [1.82, 2.24) is 9.80 Å². The molecule has 2 saturated carbocycles. The Morgan fingerprint density at radius 2 is 1.24 bits per heavy atom. The molecule has 4 aliphatic rings. The molecule has 37 heavy (non-hydrogen) atoms. The average Bonchev–Trinajstić information content (AvgIpc) is 3.46. The van der Waals surface area contributed by atoms with Crippen molar-refractivity contribution in [3.05, 3.63) is 79.9 Å². The van der Waals surface area contributed by atoms with E-state index in [1.54, 1.807) is 37.4 Å². The molecule has 2 aromatic carbocycles. The van der Waals surface area contributed by atoms with Crippen LogP contribution in [0.4, 0.5) is 11.4 Å². The van der Waals surface area contributed by atoms with E-state index in [0.29, 0.717) is 30.3 Å². The van der Waals surface area contributed by atoms with E-state index in [2.05, 4.69) is 23.9 Å². The van der Waals surface area contributed by atoms with E-state index in [-0.39, 0.29) is 38.7 Å². The van der Waals surface area contributed by atoms with Gasteiger partial charge >= 0.3 is 0 Å². The van der Waals surface area contributed by atoms with Crippen LogP contribution in [0.5, 0.6) is 0 Å². The summed E-state index contributed by atoms with van der Waals surface area (Å²) in [6.45, 7) is 4.77. The summed E-state index contributed by atoms with van der Waals surface area (Å²) in [4.78, 5) is 25.6. The lowest BCUT2D eigenvalue weighted by molar-refractivity contribution is -0.385. The maximum Gasteiger partial charge on any atom is 0.269 e. The van der Waals surface area contributed by atoms with E-state index in [4.69, 9.17) is 4.74 Å². The molecule has 2 aliphatic heterocycles. The van der Waals surface area contributed by atoms with Crippen molar-refractivity contribution in [2.24, 2.45) is 23.7 Å². The number of aliphatic hydroxyl groups excluding tert-OH is 1. The molecular formula is C27H34N4O6. The largest absolute Gasteiger partial charge is 0.395 e. The van der Waals surface area contributed by atoms with E-state index in [9.17, 15) is 25.3 Å². The molecule has 4 unspecified atom stereocenters. The van der Waals surface area contributed by atoms with Crippen molar-refractivity contribution in [3.63, 3.8) is 0 Å². The molecule has 4 fully saturated rings. The number of nitro benzene ring substituents is 2. The van der Waals surface area contributed by atoms with Gasteiger partial charge in [-0.1, -0.05) is 24.3 Å². The second kappa shape index (κ2) is 9.43. The maximum atomic E-state index is 10.9. The van der Waals surface area contributed by atoms with Gasteiger partial charge in [0.1, 0.15) is 0 Å². The Kier molecular flexibility index (Phi) is 6.56. The molecule has 2 aliphatic carbocycles. The summed E-state index contributed by atoms with van der Waals surface area (Å²) in [6.07, 6.45) is 0. The SMILES string of the molecule is CN1CC2C(C1)C2(CO)c1cccc([N+](=O)[O-])c1.COCC1(c2cccc([N+](=O)[O-])c2)C2CN(C)CC21. The smallest absolute Gasteiger partial charge is 0.269 e. The van der Waals surface area contributed by atoms with E-state index in [1.165, 1.54) is 6.07 Å². The number of ether oxygens (including phenoxy) is 1. The predicted octanol–water partition coefficient (Wildman–Crippen LogP) is 2.69. The molecule has 6 rings (SSSR count). The lowest BCUT2D eigenvalue weighted by atomic mass is 9.90. The Bertz CT molecular complexity index is 1180. The highest BCUT2D eigenvalue weighted by Gasteiger charge is 2.69. The number of benzene rings is 2. The van der Waals surface area contributed by atoms with Gasteiger partial charge in [-0.3, -0.25) is 20.2 Å². The molecule has 2 heterocycles. The highest BCUT2D eigenvalue weighted by molar-refractivity contribution is 5.46. The minimum absolute atomic E-state index is 0.00667. The zero-order valence-electron chi connectivity index (χ0n) is 21.4. The lowest BCUT2D eigenvalue weighted by Crippen LogP contribution is -2.30. The standard InChI is InChI=1S/C14H18N2O3.C13H16N2O3/c1-15-7-12-13(8-15)14(12,9-19-2)10-4-3-5-11(6-10)16(17)18;1-14-6-11-12(7-14)13(11,8-16)9-3-2-4-10(5-9)15(17)18/h3-6,12-13H,7-9H2,1-2H3;2-5,11-12,16H,6-8H2,1H3. The predicted molar refractivity (Wildman–Crippen MR) is 137 cm³/mol. The van der Waals surface area contributed by atoms with Crippen LogP contribution in [0.1, 0.15) is 11.1 Å². The van der Waals surface area contributed by atoms with Crippen LogP contribution in [-0.2, 0) is 15.6 Å². The number of hydrogen-bond acceptors (Lipinski definition) is 8. The van der Waals surface area contributed by atoms with Crippen molar-refractivity contribution in [3.8, 4) is 0 Å². The Morgan fingerprint density at radius 1 is 0.838 bits per heavy atom. The molecule has 0 bridgehead atoms. The third-order valence-electron chi connectivity index (χ3n) is 9.27. The van der Waals surface area contributed by atoms with Crippen molar-refractivity contribution in [1.29, 1.82) is 0 Å². The summed E-state index contributed by atoms with van der Waals surface area (Å²) in [6, 6.07) is 13.8. The molecule has 4 atom stereocenters. The van der Waals surface area contributed by atoms with Crippen LogP contribution >= 0.6 is 0 Å². The van der Waals surface area contributed by atoms with Crippen LogP contribution in [0.3, 0.4) is 0 Å². The molecule has 0 amide bonds. The second-order valence-electron chi connectivity index (χ2n) is 11.2. The molecule has 10 nitrogen and oxygen atoms in total. The normalized spacial score (nSPS) is 33.7. The van der Waals surface area contributed by atoms with E-state index < -0.39 is 0 Å². The monoisotopic (exact) mass is 510 g/mol. The van der Waals surface area contributed by atoms with Gasteiger partial charge in [0.15, 0.2) is 0 Å². The Labute approximate surface area is 216 Å². The van der Waals surface area contributed by atoms with E-state index >= 15 is 0 Å². The summed E-state index contributed by atoms with van der Waals surface area (Å²) >= 11 is 0. The molecular weight excluding hydrogens is 476 g/mol. The van der Waals surface area contributed by atoms with Crippen molar-refractivity contribution in [2.75, 3.05) is 60.6 Å². The van der Waals surface area contributed by atoms with Gasteiger partial charge in [-0.25, -0.2) is 0 Å². The average molecular weight is 511 g/mol. The molecule has 0 spiro atoms. The summed E-state index contributed by atoms with van der Waals surface area (Å²) < 4.78 is 5.41. The van der Waals surface area contributed by atoms with Crippen LogP contribution in [0.25, 0.3) is 0 Å². The minimum atomic E-state index is -0.376. The Morgan fingerprint density at radius 3 is 1.62 bits per heavy atom. The number of nitro groups is 2. The van der Waals surface area contributed by atoms with Crippen LogP contribution in [0.2, 0.25) is 0 Å². The molecule has 0 aromatic heterocycles. The number of methoxy groups -OCH3 is 1. The quantitative estimate of drug-likeness (QED) is 0.446. The second-order valence-corrected chi connectivity index (χ2v) is 11.2. The number of hydrogen-bond donors (Lipinski definition) is 1. The number of fused-ring (bicyclic) bond motifs is 2. The first-order valence-corrected chi connectivity index (χ1v) is 12.7. The summed E-state index contributed by atoms with van der Waals surface area (Å²) in [5, 5.41) is 31.5. The minimum Gasteiger partial charge on any atom is -0.395 e. The van der Waals surface area contributed by atoms with Gasteiger partial charge in [0.05, 0.1) is 23.1 Å². The molecule has 2 aromatic rings. The van der Waals surface area contributed by atoms with Crippen LogP contribution < -0.4 is 0 Å². The number of likely N-dealkylation sites (tertiary alicyclic amines) is 2. The summed E-state index contributed by atoms with van der Waals surface area (Å²) in [5.41, 5.74) is 2.02. The van der Waals surface area contributed by atoms with Gasteiger partial charge in [0, 0.05) is 68.4 Å². The van der Waals surface area contributed by atoms with Gasteiger partial charge in [0.2, 0.25) is 0 Å². The first-order chi connectivity index (χ1) is 17.7. The van der Waals surface area contributed by atoms with Gasteiger partial charge in [-0.05, 0) is 48.9 Å². The van der Waals surface area contributed by atoms with Crippen molar-refractivity contribution >= 4 is 11.4 Å². The molecule has 10 heteroatoms. The fraction of sp³-hybridized carbons (Fsp3) is 0.556. The molecule has 2 saturated heterocycles. The maximum absolute atomic E-state index is 10.9. The first kappa shape index (κ1) is 25.7. The van der Waals surface area contributed by atoms with Crippen molar-refractivity contribution < 1.29 is 19.7 Å². The van der Waals surface area contributed by atoms with Crippen LogP contribution in [-0.4, -0.2) is 85.4 Å². The molecule has 1 N–H and O–H groups in total. The highest BCUT2D eigenvalue weighted by atomic mass is 16.6. The van der Waals surface area contributed by atoms with Gasteiger partial charge in [-0.2, -0.15) is 0 Å². The first-order valence-electron chi connectivity index (χ1n) is 12.7. The third-order valence-corrected chi connectivity index (χ3v) is 9.27.